The van der Waals surface area contributed by atoms with Gasteiger partial charge in [0.1, 0.15) is 5.75 Å². The number of methoxy groups -OCH3 is 1. The molecule has 0 saturated carbocycles. The van der Waals surface area contributed by atoms with Crippen molar-refractivity contribution < 1.29 is 9.53 Å². The summed E-state index contributed by atoms with van der Waals surface area (Å²) in [6.45, 7) is 3.78. The maximum Gasteiger partial charge on any atom is 0.237 e. The second-order valence-corrected chi connectivity index (χ2v) is 5.13. The first-order chi connectivity index (χ1) is 8.13. The fourth-order valence-electron chi connectivity index (χ4n) is 1.66. The Morgan fingerprint density at radius 2 is 2.29 bits per heavy atom. The van der Waals surface area contributed by atoms with Crippen molar-refractivity contribution in [3.05, 3.63) is 29.7 Å². The Bertz CT molecular complexity index is 485. The van der Waals surface area contributed by atoms with Crippen molar-refractivity contribution in [3.8, 4) is 5.75 Å². The molecular formula is C12H14N2O2S. The number of thioether (sulfide) groups is 1. The van der Waals surface area contributed by atoms with E-state index in [-0.39, 0.29) is 11.2 Å². The summed E-state index contributed by atoms with van der Waals surface area (Å²) < 4.78 is 5.29. The molecule has 0 radical (unpaired) electrons. The average Bonchev–Trinajstić information content (AvgIpc) is 2.34. The Balaban J connectivity index is 2.45. The number of carbonyl (C=O) groups excluding carboxylic acids is 1. The van der Waals surface area contributed by atoms with E-state index in [1.54, 1.807) is 31.3 Å². The first-order valence-corrected chi connectivity index (χ1v) is 6.18. The number of pyridine rings is 1. The largest absolute Gasteiger partial charge is 0.494 e. The average molecular weight is 250 g/mol. The van der Waals surface area contributed by atoms with Gasteiger partial charge in [0.05, 0.1) is 18.6 Å². The molecule has 0 saturated heterocycles. The molecule has 2 rings (SSSR count). The van der Waals surface area contributed by atoms with Crippen molar-refractivity contribution in [2.45, 2.75) is 19.1 Å². The lowest BCUT2D eigenvalue weighted by Crippen LogP contribution is -2.33. The van der Waals surface area contributed by atoms with E-state index in [0.29, 0.717) is 0 Å². The zero-order valence-corrected chi connectivity index (χ0v) is 10.8. The Morgan fingerprint density at radius 1 is 1.53 bits per heavy atom. The van der Waals surface area contributed by atoms with Gasteiger partial charge in [-0.05, 0) is 19.9 Å². The van der Waals surface area contributed by atoms with Crippen molar-refractivity contribution in [1.82, 2.24) is 10.3 Å². The molecule has 1 aromatic heterocycles. The third-order valence-electron chi connectivity index (χ3n) is 2.56. The van der Waals surface area contributed by atoms with Crippen LogP contribution in [0.25, 0.3) is 4.91 Å². The topological polar surface area (TPSA) is 51.2 Å². The monoisotopic (exact) mass is 250 g/mol. The Morgan fingerprint density at radius 3 is 3.00 bits per heavy atom. The van der Waals surface area contributed by atoms with E-state index in [1.165, 1.54) is 0 Å². The summed E-state index contributed by atoms with van der Waals surface area (Å²) in [5, 5.41) is 2.78. The molecule has 1 atom stereocenters. The maximum absolute atomic E-state index is 11.5. The number of amides is 1. The van der Waals surface area contributed by atoms with Crippen LogP contribution in [0, 0.1) is 0 Å². The van der Waals surface area contributed by atoms with Crippen molar-refractivity contribution in [3.63, 3.8) is 0 Å². The number of allylic oxidation sites excluding steroid dienone is 1. The van der Waals surface area contributed by atoms with E-state index < -0.39 is 0 Å². The van der Waals surface area contributed by atoms with E-state index >= 15 is 0 Å². The lowest BCUT2D eigenvalue weighted by atomic mass is 10.2. The van der Waals surface area contributed by atoms with Crippen LogP contribution in [-0.4, -0.2) is 23.3 Å². The molecule has 4 nitrogen and oxygen atoms in total. The molecule has 1 amide bonds. The second kappa shape index (κ2) is 4.79. The van der Waals surface area contributed by atoms with E-state index in [0.717, 1.165) is 21.9 Å². The molecule has 0 aliphatic carbocycles. The first-order valence-electron chi connectivity index (χ1n) is 5.30. The summed E-state index contributed by atoms with van der Waals surface area (Å²) in [6.07, 6.45) is 3.40. The van der Waals surface area contributed by atoms with Gasteiger partial charge in [0.25, 0.3) is 0 Å². The van der Waals surface area contributed by atoms with E-state index in [4.69, 9.17) is 4.74 Å². The first kappa shape index (κ1) is 12.0. The Hall–Kier alpha value is -1.49. The van der Waals surface area contributed by atoms with Gasteiger partial charge in [0.15, 0.2) is 0 Å². The molecule has 1 aliphatic heterocycles. The van der Waals surface area contributed by atoms with Gasteiger partial charge in [-0.3, -0.25) is 9.78 Å². The summed E-state index contributed by atoms with van der Waals surface area (Å²) in [6, 6.07) is 1.90. The third-order valence-corrected chi connectivity index (χ3v) is 3.89. The molecule has 0 aromatic carbocycles. The number of nitrogens with zero attached hydrogens (tertiary/aromatic N) is 1. The summed E-state index contributed by atoms with van der Waals surface area (Å²) in [5.74, 6) is 0.766. The highest BCUT2D eigenvalue weighted by Crippen LogP contribution is 2.39. The van der Waals surface area contributed by atoms with E-state index in [1.807, 2.05) is 19.9 Å². The van der Waals surface area contributed by atoms with Gasteiger partial charge >= 0.3 is 0 Å². The normalized spacial score (nSPS) is 20.2. The van der Waals surface area contributed by atoms with Crippen LogP contribution in [-0.2, 0) is 4.79 Å². The molecule has 90 valence electrons. The molecule has 1 aliphatic rings. The predicted molar refractivity (Wildman–Crippen MR) is 68.6 cm³/mol. The fourth-order valence-corrected chi connectivity index (χ4v) is 2.70. The molecule has 0 fully saturated rings. The van der Waals surface area contributed by atoms with Crippen LogP contribution in [0.2, 0.25) is 0 Å². The van der Waals surface area contributed by atoms with Gasteiger partial charge in [-0.25, -0.2) is 0 Å². The molecule has 0 bridgehead atoms. The van der Waals surface area contributed by atoms with E-state index in [9.17, 15) is 4.79 Å². The number of rotatable bonds is 2. The van der Waals surface area contributed by atoms with Crippen LogP contribution in [0.1, 0.15) is 19.4 Å². The molecule has 1 unspecified atom stereocenters. The number of aromatic nitrogens is 1. The zero-order chi connectivity index (χ0) is 12.4. The van der Waals surface area contributed by atoms with Crippen LogP contribution in [0.15, 0.2) is 24.2 Å². The molecule has 1 N–H and O–H groups in total. The van der Waals surface area contributed by atoms with Crippen molar-refractivity contribution in [1.29, 1.82) is 0 Å². The van der Waals surface area contributed by atoms with Gasteiger partial charge in [-0.15, -0.1) is 11.8 Å². The minimum absolute atomic E-state index is 0.0456. The third kappa shape index (κ3) is 2.29. The van der Waals surface area contributed by atoms with Crippen LogP contribution >= 0.6 is 11.8 Å². The lowest BCUT2D eigenvalue weighted by molar-refractivity contribution is -0.119. The number of nitrogens with one attached hydrogen (secondary N) is 1. The minimum atomic E-state index is -0.0911. The minimum Gasteiger partial charge on any atom is -0.494 e. The highest BCUT2D eigenvalue weighted by Gasteiger charge is 2.25. The second-order valence-electron chi connectivity index (χ2n) is 3.78. The molecule has 5 heteroatoms. The number of ether oxygens (including phenoxy) is 1. The van der Waals surface area contributed by atoms with E-state index in [2.05, 4.69) is 10.3 Å². The van der Waals surface area contributed by atoms with Crippen LogP contribution in [0.4, 0.5) is 0 Å². The lowest BCUT2D eigenvalue weighted by Gasteiger charge is -2.23. The summed E-state index contributed by atoms with van der Waals surface area (Å²) in [7, 11) is 1.62. The van der Waals surface area contributed by atoms with Gasteiger partial charge in [0.2, 0.25) is 5.91 Å². The van der Waals surface area contributed by atoms with Crippen LogP contribution in [0.5, 0.6) is 5.75 Å². The quantitative estimate of drug-likeness (QED) is 0.872. The van der Waals surface area contributed by atoms with Crippen molar-refractivity contribution in [2.75, 3.05) is 7.11 Å². The van der Waals surface area contributed by atoms with Crippen molar-refractivity contribution in [2.24, 2.45) is 0 Å². The highest BCUT2D eigenvalue weighted by molar-refractivity contribution is 8.09. The van der Waals surface area contributed by atoms with Crippen LogP contribution < -0.4 is 10.1 Å². The molecule has 1 aromatic rings. The van der Waals surface area contributed by atoms with Crippen molar-refractivity contribution >= 4 is 22.6 Å². The number of hydrogen-bond acceptors (Lipinski definition) is 4. The van der Waals surface area contributed by atoms with Gasteiger partial charge in [0, 0.05) is 22.4 Å². The Kier molecular flexibility index (Phi) is 3.38. The smallest absolute Gasteiger partial charge is 0.237 e. The SMILES string of the molecule is COc1cnccc1C1=C(C)NC(=O)C(C)S1. The molecule has 17 heavy (non-hydrogen) atoms. The fraction of sp³-hybridized carbons (Fsp3) is 0.333. The van der Waals surface area contributed by atoms with Gasteiger partial charge in [-0.2, -0.15) is 0 Å². The standard InChI is InChI=1S/C12H14N2O2S/c1-7-11(17-8(2)12(15)14-7)9-4-5-13-6-10(9)16-3/h4-6,8H,1-3H3,(H,14,15). The summed E-state index contributed by atoms with van der Waals surface area (Å²) >= 11 is 1.54. The predicted octanol–water partition coefficient (Wildman–Crippen LogP) is 2.03. The maximum atomic E-state index is 11.5. The Labute approximate surface area is 104 Å². The highest BCUT2D eigenvalue weighted by atomic mass is 32.2. The molecule has 2 heterocycles. The summed E-state index contributed by atoms with van der Waals surface area (Å²) in [4.78, 5) is 16.6. The number of carbonyl (C=O) groups is 1. The van der Waals surface area contributed by atoms with Gasteiger partial charge < -0.3 is 10.1 Å². The number of hydrogen-bond donors (Lipinski definition) is 1. The molecule has 0 spiro atoms. The zero-order valence-electron chi connectivity index (χ0n) is 9.98. The van der Waals surface area contributed by atoms with Crippen LogP contribution in [0.3, 0.4) is 0 Å². The summed E-state index contributed by atoms with van der Waals surface area (Å²) in [5.41, 5.74) is 1.83. The molecular weight excluding hydrogens is 236 g/mol. The van der Waals surface area contributed by atoms with Gasteiger partial charge in [-0.1, -0.05) is 0 Å².